The maximum atomic E-state index is 8.28. The van der Waals surface area contributed by atoms with Crippen LogP contribution in [0.5, 0.6) is 0 Å². The van der Waals surface area contributed by atoms with E-state index in [-0.39, 0.29) is 5.49 Å². The molecule has 0 saturated carbocycles. The molecular formula is C12H14BrN7. The molecule has 0 radical (unpaired) electrons. The van der Waals surface area contributed by atoms with Gasteiger partial charge in [0.1, 0.15) is 0 Å². The van der Waals surface area contributed by atoms with Gasteiger partial charge in [0.05, 0.1) is 11.9 Å². The van der Waals surface area contributed by atoms with Crippen molar-refractivity contribution in [1.82, 2.24) is 19.9 Å². The van der Waals surface area contributed by atoms with Crippen LogP contribution in [0.1, 0.15) is 0 Å². The van der Waals surface area contributed by atoms with Gasteiger partial charge >= 0.3 is 0 Å². The van der Waals surface area contributed by atoms with Crippen molar-refractivity contribution < 1.29 is 0 Å². The maximum absolute atomic E-state index is 8.28. The molecule has 1 aliphatic rings. The van der Waals surface area contributed by atoms with Crippen LogP contribution in [0.4, 0.5) is 5.82 Å². The number of aromatic nitrogens is 3. The number of piperazine rings is 1. The number of anilines is 1. The Balaban J connectivity index is 2.23. The molecule has 0 unspecified atom stereocenters. The minimum atomic E-state index is 0.217. The van der Waals surface area contributed by atoms with Gasteiger partial charge in [0.15, 0.2) is 17.0 Å². The van der Waals surface area contributed by atoms with E-state index in [1.165, 1.54) is 4.57 Å². The zero-order chi connectivity index (χ0) is 14.1. The van der Waals surface area contributed by atoms with Gasteiger partial charge in [-0.25, -0.2) is 9.97 Å². The van der Waals surface area contributed by atoms with Gasteiger partial charge < -0.3 is 10.2 Å². The van der Waals surface area contributed by atoms with E-state index in [9.17, 15) is 0 Å². The third kappa shape index (κ3) is 2.20. The third-order valence-electron chi connectivity index (χ3n) is 3.28. The normalized spacial score (nSPS) is 15.6. The number of nitrogens with one attached hydrogen (secondary N) is 3. The smallest absolute Gasteiger partial charge is 0.178 e. The summed E-state index contributed by atoms with van der Waals surface area (Å²) >= 11 is 3.36. The lowest BCUT2D eigenvalue weighted by atomic mass is 10.3. The van der Waals surface area contributed by atoms with Gasteiger partial charge in [-0.2, -0.15) is 0 Å². The summed E-state index contributed by atoms with van der Waals surface area (Å²) in [7, 11) is 0. The van der Waals surface area contributed by atoms with Crippen LogP contribution in [0, 0.1) is 10.8 Å². The first-order chi connectivity index (χ1) is 9.70. The monoisotopic (exact) mass is 335 g/mol. The Hall–Kier alpha value is -1.80. The lowest BCUT2D eigenvalue weighted by Crippen LogP contribution is -2.46. The van der Waals surface area contributed by atoms with Crippen LogP contribution in [0.2, 0.25) is 0 Å². The SMILES string of the molecule is N=Cn1c(=N)c(N2CCNCC2)nc2ncc(Br)cc21. The average Bonchev–Trinajstić information content (AvgIpc) is 2.48. The Labute approximate surface area is 123 Å². The Morgan fingerprint density at radius 2 is 2.10 bits per heavy atom. The summed E-state index contributed by atoms with van der Waals surface area (Å²) in [6.07, 6.45) is 2.81. The highest BCUT2D eigenvalue weighted by atomic mass is 79.9. The second kappa shape index (κ2) is 5.29. The fourth-order valence-corrected chi connectivity index (χ4v) is 2.62. The van der Waals surface area contributed by atoms with E-state index in [0.29, 0.717) is 17.0 Å². The van der Waals surface area contributed by atoms with Gasteiger partial charge in [-0.05, 0) is 22.0 Å². The molecule has 0 spiro atoms. The highest BCUT2D eigenvalue weighted by molar-refractivity contribution is 9.10. The Bertz CT molecular complexity index is 718. The minimum Gasteiger partial charge on any atom is -0.351 e. The van der Waals surface area contributed by atoms with Crippen molar-refractivity contribution in [1.29, 1.82) is 10.8 Å². The Morgan fingerprint density at radius 3 is 2.80 bits per heavy atom. The topological polar surface area (TPSA) is 93.7 Å². The van der Waals surface area contributed by atoms with Crippen molar-refractivity contribution in [3.05, 3.63) is 22.2 Å². The summed E-state index contributed by atoms with van der Waals surface area (Å²) in [6.45, 7) is 3.35. The quantitative estimate of drug-likeness (QED) is 0.551. The van der Waals surface area contributed by atoms with Crippen molar-refractivity contribution >= 4 is 39.3 Å². The molecule has 2 aromatic heterocycles. The molecule has 104 valence electrons. The number of hydrogen-bond donors (Lipinski definition) is 3. The lowest BCUT2D eigenvalue weighted by Gasteiger charge is -2.28. The summed E-state index contributed by atoms with van der Waals surface area (Å²) in [4.78, 5) is 10.8. The first-order valence-corrected chi connectivity index (χ1v) is 7.08. The number of fused-ring (bicyclic) bond motifs is 1. The lowest BCUT2D eigenvalue weighted by molar-refractivity contribution is 0.581. The fourth-order valence-electron chi connectivity index (χ4n) is 2.30. The van der Waals surface area contributed by atoms with E-state index in [1.54, 1.807) is 6.20 Å². The molecule has 3 heterocycles. The first kappa shape index (κ1) is 13.2. The Kier molecular flexibility index (Phi) is 3.49. The zero-order valence-electron chi connectivity index (χ0n) is 10.7. The molecule has 8 heteroatoms. The van der Waals surface area contributed by atoms with Crippen LogP contribution in [-0.4, -0.2) is 47.1 Å². The van der Waals surface area contributed by atoms with Crippen LogP contribution in [0.25, 0.3) is 11.2 Å². The highest BCUT2D eigenvalue weighted by Gasteiger charge is 2.17. The molecule has 1 aliphatic heterocycles. The molecule has 0 amide bonds. The largest absolute Gasteiger partial charge is 0.351 e. The summed E-state index contributed by atoms with van der Waals surface area (Å²) in [5.41, 5.74) is 1.41. The van der Waals surface area contributed by atoms with Crippen LogP contribution in [0.3, 0.4) is 0 Å². The van der Waals surface area contributed by atoms with Gasteiger partial charge in [-0.1, -0.05) is 0 Å². The fraction of sp³-hybridized carbons (Fsp3) is 0.333. The van der Waals surface area contributed by atoms with E-state index < -0.39 is 0 Å². The van der Waals surface area contributed by atoms with E-state index in [2.05, 4.69) is 36.1 Å². The molecule has 0 aliphatic carbocycles. The second-order valence-corrected chi connectivity index (χ2v) is 5.43. The number of pyridine rings is 1. The standard InChI is InChI=1S/C12H14BrN7/c13-8-5-9-11(17-6-8)18-12(10(15)20(9)7-14)19-3-1-16-2-4-19/h5-7,14-16H,1-4H2. The van der Waals surface area contributed by atoms with E-state index in [4.69, 9.17) is 10.8 Å². The molecule has 0 aromatic carbocycles. The molecule has 3 rings (SSSR count). The van der Waals surface area contributed by atoms with E-state index in [0.717, 1.165) is 37.0 Å². The van der Waals surface area contributed by atoms with Crippen LogP contribution < -0.4 is 15.7 Å². The zero-order valence-corrected chi connectivity index (χ0v) is 12.3. The number of halogens is 1. The predicted octanol–water partition coefficient (Wildman–Crippen LogP) is 0.538. The highest BCUT2D eigenvalue weighted by Crippen LogP contribution is 2.16. The number of nitrogens with zero attached hydrogens (tertiary/aromatic N) is 4. The van der Waals surface area contributed by atoms with Crippen molar-refractivity contribution in [3.63, 3.8) is 0 Å². The maximum Gasteiger partial charge on any atom is 0.178 e. The second-order valence-electron chi connectivity index (χ2n) is 4.52. The predicted molar refractivity (Wildman–Crippen MR) is 80.3 cm³/mol. The van der Waals surface area contributed by atoms with Crippen LogP contribution in [0.15, 0.2) is 16.7 Å². The van der Waals surface area contributed by atoms with Gasteiger partial charge in [-0.15, -0.1) is 0 Å². The summed E-state index contributed by atoms with van der Waals surface area (Å²) < 4.78 is 2.30. The van der Waals surface area contributed by atoms with E-state index >= 15 is 0 Å². The minimum absolute atomic E-state index is 0.217. The molecule has 20 heavy (non-hydrogen) atoms. The molecule has 3 N–H and O–H groups in total. The van der Waals surface area contributed by atoms with Crippen molar-refractivity contribution in [2.45, 2.75) is 0 Å². The summed E-state index contributed by atoms with van der Waals surface area (Å²) in [6, 6.07) is 1.82. The molecule has 1 fully saturated rings. The van der Waals surface area contributed by atoms with Gasteiger partial charge in [0, 0.05) is 36.8 Å². The van der Waals surface area contributed by atoms with Gasteiger partial charge in [0.25, 0.3) is 0 Å². The van der Waals surface area contributed by atoms with Crippen molar-refractivity contribution in [2.75, 3.05) is 31.1 Å². The van der Waals surface area contributed by atoms with Crippen molar-refractivity contribution in [3.8, 4) is 0 Å². The molecule has 1 saturated heterocycles. The molecule has 0 bridgehead atoms. The molecule has 0 atom stereocenters. The van der Waals surface area contributed by atoms with Gasteiger partial charge in [0.2, 0.25) is 0 Å². The molecule has 2 aromatic rings. The summed E-state index contributed by atoms with van der Waals surface area (Å²) in [5, 5.41) is 19.1. The Morgan fingerprint density at radius 1 is 1.35 bits per heavy atom. The van der Waals surface area contributed by atoms with Crippen LogP contribution in [-0.2, 0) is 0 Å². The van der Waals surface area contributed by atoms with Crippen molar-refractivity contribution in [2.24, 2.45) is 0 Å². The van der Waals surface area contributed by atoms with E-state index in [1.807, 2.05) is 6.07 Å². The molecule has 7 nitrogen and oxygen atoms in total. The number of hydrogen-bond acceptors (Lipinski definition) is 6. The van der Waals surface area contributed by atoms with Gasteiger partial charge in [-0.3, -0.25) is 15.4 Å². The first-order valence-electron chi connectivity index (χ1n) is 6.29. The average molecular weight is 336 g/mol. The molecular weight excluding hydrogens is 322 g/mol. The van der Waals surface area contributed by atoms with Crippen LogP contribution >= 0.6 is 15.9 Å². The third-order valence-corrected chi connectivity index (χ3v) is 3.72. The number of rotatable bonds is 2. The summed E-state index contributed by atoms with van der Waals surface area (Å²) in [5.74, 6) is 0.581.